The van der Waals surface area contributed by atoms with E-state index in [0.29, 0.717) is 11.1 Å². The molecule has 0 aliphatic rings. The normalized spacial score (nSPS) is 11.2. The van der Waals surface area contributed by atoms with Crippen molar-refractivity contribution in [1.82, 2.24) is 0 Å². The summed E-state index contributed by atoms with van der Waals surface area (Å²) in [5, 5.41) is 24.5. The van der Waals surface area contributed by atoms with Gasteiger partial charge in [0.05, 0.1) is 11.1 Å². The van der Waals surface area contributed by atoms with Crippen LogP contribution in [0.5, 0.6) is 0 Å². The van der Waals surface area contributed by atoms with E-state index in [2.05, 4.69) is 131 Å². The zero-order valence-electron chi connectivity index (χ0n) is 32.7. The van der Waals surface area contributed by atoms with Gasteiger partial charge in [-0.1, -0.05) is 158 Å². The smallest absolute Gasteiger partial charge is 0.100 e. The van der Waals surface area contributed by atoms with Crippen LogP contribution in [0.1, 0.15) is 33.4 Å². The molecule has 4 nitrogen and oxygen atoms in total. The summed E-state index contributed by atoms with van der Waals surface area (Å²) in [5.41, 5.74) is 11.3. The van der Waals surface area contributed by atoms with Crippen LogP contribution in [0, 0.1) is 22.7 Å². The van der Waals surface area contributed by atoms with E-state index in [4.69, 9.17) is 0 Å². The molecule has 9 aromatic rings. The maximum Gasteiger partial charge on any atom is 0.100 e. The number of para-hydroxylation sites is 4. The number of benzene rings is 9. The van der Waals surface area contributed by atoms with E-state index in [9.17, 15) is 10.5 Å². The van der Waals surface area contributed by atoms with Crippen LogP contribution in [0.4, 0.5) is 34.1 Å². The standard InChI is InChI=1S/C56H38N4/c57-39-53-52-26-14-16-44(34-28-42-31-37-50(38-32-42)60(47-21-9-3-10-22-47)48-23-11-4-12-24-48)56(52)54(40-58)51-25-13-15-43(55(51)53)33-27-41-29-35-49(36-30-41)59(45-17-5-1-6-18-45)46-19-7-2-8-20-46/h1-38H/b33-27-,34-28+. The molecule has 0 amide bonds. The number of hydrogen-bond donors (Lipinski definition) is 0. The second-order valence-corrected chi connectivity index (χ2v) is 14.4. The molecule has 0 aliphatic carbocycles. The molecule has 0 atom stereocenters. The molecule has 0 spiro atoms. The zero-order valence-corrected chi connectivity index (χ0v) is 32.7. The van der Waals surface area contributed by atoms with Crippen LogP contribution in [-0.4, -0.2) is 0 Å². The molecule has 0 aliphatic heterocycles. The quantitative estimate of drug-likeness (QED) is 0.103. The predicted octanol–water partition coefficient (Wildman–Crippen LogP) is 15.0. The van der Waals surface area contributed by atoms with Gasteiger partial charge in [-0.3, -0.25) is 0 Å². The minimum atomic E-state index is 0.553. The van der Waals surface area contributed by atoms with Crippen LogP contribution in [0.25, 0.3) is 45.8 Å². The van der Waals surface area contributed by atoms with Gasteiger partial charge >= 0.3 is 0 Å². The number of hydrogen-bond acceptors (Lipinski definition) is 4. The molecule has 0 saturated carbocycles. The molecule has 282 valence electrons. The Balaban J connectivity index is 1.04. The molecule has 0 aromatic heterocycles. The average molecular weight is 767 g/mol. The highest BCUT2D eigenvalue weighted by Gasteiger charge is 2.18. The van der Waals surface area contributed by atoms with Gasteiger partial charge in [0, 0.05) is 55.7 Å². The summed E-state index contributed by atoms with van der Waals surface area (Å²) in [6, 6.07) is 75.2. The van der Waals surface area contributed by atoms with Gasteiger partial charge in [-0.05, 0) is 95.1 Å². The van der Waals surface area contributed by atoms with Crippen molar-refractivity contribution in [3.8, 4) is 12.1 Å². The van der Waals surface area contributed by atoms with E-state index >= 15 is 0 Å². The first-order valence-corrected chi connectivity index (χ1v) is 19.9. The number of anilines is 6. The minimum absolute atomic E-state index is 0.553. The minimum Gasteiger partial charge on any atom is -0.311 e. The molecule has 0 N–H and O–H groups in total. The second-order valence-electron chi connectivity index (χ2n) is 14.4. The molecule has 4 heteroatoms. The molecule has 0 unspecified atom stereocenters. The lowest BCUT2D eigenvalue weighted by molar-refractivity contribution is 1.28. The highest BCUT2D eigenvalue weighted by Crippen LogP contribution is 2.39. The van der Waals surface area contributed by atoms with Crippen molar-refractivity contribution in [3.05, 3.63) is 240 Å². The van der Waals surface area contributed by atoms with Crippen LogP contribution < -0.4 is 9.80 Å². The first kappa shape index (κ1) is 37.2. The third kappa shape index (κ3) is 7.41. The van der Waals surface area contributed by atoms with Crippen LogP contribution in [-0.2, 0) is 0 Å². The molecule has 0 saturated heterocycles. The Bertz CT molecular complexity index is 2780. The second kappa shape index (κ2) is 17.0. The van der Waals surface area contributed by atoms with Crippen molar-refractivity contribution < 1.29 is 0 Å². The molecule has 60 heavy (non-hydrogen) atoms. The molecule has 0 bridgehead atoms. The highest BCUT2D eigenvalue weighted by atomic mass is 15.1. The Morgan fingerprint density at radius 3 is 0.900 bits per heavy atom. The monoisotopic (exact) mass is 766 g/mol. The van der Waals surface area contributed by atoms with E-state index < -0.39 is 0 Å². The third-order valence-corrected chi connectivity index (χ3v) is 10.7. The summed E-state index contributed by atoms with van der Waals surface area (Å²) in [5.74, 6) is 0. The van der Waals surface area contributed by atoms with Crippen LogP contribution >= 0.6 is 0 Å². The van der Waals surface area contributed by atoms with Crippen molar-refractivity contribution >= 4 is 80.0 Å². The summed E-state index contributed by atoms with van der Waals surface area (Å²) in [6.07, 6.45) is 8.21. The average Bonchev–Trinajstić information content (AvgIpc) is 3.32. The van der Waals surface area contributed by atoms with Gasteiger partial charge < -0.3 is 9.80 Å². The van der Waals surface area contributed by atoms with Crippen molar-refractivity contribution in [2.45, 2.75) is 0 Å². The fourth-order valence-electron chi connectivity index (χ4n) is 7.94. The SMILES string of the molecule is N#Cc1c2cccc(/C=C/c3ccc(N(c4ccccc4)c4ccccc4)cc3)c2c(C#N)c2cccc(/C=C\c3ccc(N(c4ccccc4)c4ccccc4)cc3)c12. The number of rotatable bonds is 10. The Kier molecular flexibility index (Phi) is 10.5. The first-order valence-electron chi connectivity index (χ1n) is 19.9. The summed E-state index contributed by atoms with van der Waals surface area (Å²) in [6.45, 7) is 0. The Morgan fingerprint density at radius 2 is 0.600 bits per heavy atom. The topological polar surface area (TPSA) is 54.1 Å². The third-order valence-electron chi connectivity index (χ3n) is 10.7. The molecule has 9 rings (SSSR count). The Hall–Kier alpha value is -8.44. The van der Waals surface area contributed by atoms with Crippen LogP contribution in [0.2, 0.25) is 0 Å². The van der Waals surface area contributed by atoms with E-state index in [0.717, 1.165) is 77.9 Å². The van der Waals surface area contributed by atoms with Gasteiger partial charge in [0.25, 0.3) is 0 Å². The van der Waals surface area contributed by atoms with Crippen molar-refractivity contribution in [2.24, 2.45) is 0 Å². The highest BCUT2D eigenvalue weighted by molar-refractivity contribution is 6.14. The number of nitriles is 2. The van der Waals surface area contributed by atoms with Gasteiger partial charge in [0.15, 0.2) is 0 Å². The van der Waals surface area contributed by atoms with Gasteiger partial charge in [-0.25, -0.2) is 0 Å². The summed E-state index contributed by atoms with van der Waals surface area (Å²) in [4.78, 5) is 4.47. The van der Waals surface area contributed by atoms with E-state index in [1.54, 1.807) is 0 Å². The van der Waals surface area contributed by atoms with Crippen molar-refractivity contribution in [1.29, 1.82) is 10.5 Å². The van der Waals surface area contributed by atoms with Crippen LogP contribution in [0.3, 0.4) is 0 Å². The lowest BCUT2D eigenvalue weighted by Crippen LogP contribution is -2.09. The van der Waals surface area contributed by atoms with Gasteiger partial charge in [0.2, 0.25) is 0 Å². The van der Waals surface area contributed by atoms with E-state index in [1.807, 2.05) is 121 Å². The Labute approximate surface area is 350 Å². The lowest BCUT2D eigenvalue weighted by atomic mass is 9.87. The van der Waals surface area contributed by atoms with Gasteiger partial charge in [0.1, 0.15) is 12.1 Å². The Morgan fingerprint density at radius 1 is 0.300 bits per heavy atom. The first-order chi connectivity index (χ1) is 29.7. The molecule has 0 fully saturated rings. The number of nitrogens with zero attached hydrogens (tertiary/aromatic N) is 4. The molecule has 9 aromatic carbocycles. The van der Waals surface area contributed by atoms with E-state index in [1.165, 1.54) is 0 Å². The molecular formula is C56H38N4. The van der Waals surface area contributed by atoms with E-state index in [-0.39, 0.29) is 0 Å². The number of fused-ring (bicyclic) bond motifs is 2. The molecule has 0 radical (unpaired) electrons. The summed E-state index contributed by atoms with van der Waals surface area (Å²) in [7, 11) is 0. The maximum absolute atomic E-state index is 10.7. The lowest BCUT2D eigenvalue weighted by Gasteiger charge is -2.25. The summed E-state index contributed by atoms with van der Waals surface area (Å²) >= 11 is 0. The van der Waals surface area contributed by atoms with Crippen molar-refractivity contribution in [2.75, 3.05) is 9.80 Å². The molecule has 0 heterocycles. The fraction of sp³-hybridized carbons (Fsp3) is 0. The van der Waals surface area contributed by atoms with Crippen LogP contribution in [0.15, 0.2) is 206 Å². The maximum atomic E-state index is 10.7. The van der Waals surface area contributed by atoms with Crippen molar-refractivity contribution in [3.63, 3.8) is 0 Å². The zero-order chi connectivity index (χ0) is 40.7. The van der Waals surface area contributed by atoms with Gasteiger partial charge in [-0.15, -0.1) is 0 Å². The summed E-state index contributed by atoms with van der Waals surface area (Å²) < 4.78 is 0. The largest absolute Gasteiger partial charge is 0.311 e. The predicted molar refractivity (Wildman–Crippen MR) is 251 cm³/mol. The molecular weight excluding hydrogens is 729 g/mol. The van der Waals surface area contributed by atoms with Gasteiger partial charge in [-0.2, -0.15) is 10.5 Å². The fourth-order valence-corrected chi connectivity index (χ4v) is 7.94.